The summed E-state index contributed by atoms with van der Waals surface area (Å²) in [6, 6.07) is 0. The summed E-state index contributed by atoms with van der Waals surface area (Å²) in [5, 5.41) is 56.7. The highest BCUT2D eigenvalue weighted by atomic mass is 16.5. The van der Waals surface area contributed by atoms with Gasteiger partial charge in [0.1, 0.15) is 5.41 Å². The van der Waals surface area contributed by atoms with Gasteiger partial charge in [-0.1, -0.05) is 12.8 Å². The number of hydrogen-bond donors (Lipinski definition) is 6. The lowest BCUT2D eigenvalue weighted by Gasteiger charge is -2.35. The van der Waals surface area contributed by atoms with E-state index in [1.807, 2.05) is 0 Å². The molecule has 0 aromatic carbocycles. The number of hydrogen-bond acceptors (Lipinski definition) is 8. The molecule has 0 amide bonds. The van der Waals surface area contributed by atoms with Crippen molar-refractivity contribution in [3.8, 4) is 0 Å². The Morgan fingerprint density at radius 3 is 1.83 bits per heavy atom. The van der Waals surface area contributed by atoms with E-state index in [-0.39, 0.29) is 19.6 Å². The Morgan fingerprint density at radius 1 is 0.917 bits per heavy atom. The second kappa shape index (κ2) is 11.7. The first-order valence-corrected chi connectivity index (χ1v) is 8.28. The average molecular weight is 352 g/mol. The standard InChI is InChI=1S/C16H32O8/c1-2-24-14(23)15(8-18,9-19)6-4-3-5-13(7-17)16(10-20,11-21)12-22/h13,17-22H,2-12H2,1H3. The van der Waals surface area contributed by atoms with Crippen LogP contribution in [0, 0.1) is 16.7 Å². The largest absolute Gasteiger partial charge is 0.465 e. The van der Waals surface area contributed by atoms with Gasteiger partial charge in [0.2, 0.25) is 0 Å². The molecule has 0 rings (SSSR count). The molecule has 8 heteroatoms. The minimum atomic E-state index is -1.35. The lowest BCUT2D eigenvalue weighted by atomic mass is 9.74. The third-order valence-electron chi connectivity index (χ3n) is 4.80. The van der Waals surface area contributed by atoms with Gasteiger partial charge in [0, 0.05) is 12.0 Å². The molecule has 24 heavy (non-hydrogen) atoms. The van der Waals surface area contributed by atoms with Gasteiger partial charge >= 0.3 is 5.97 Å². The van der Waals surface area contributed by atoms with E-state index in [0.29, 0.717) is 19.3 Å². The number of ether oxygens (including phenoxy) is 1. The van der Waals surface area contributed by atoms with Crippen LogP contribution in [0.5, 0.6) is 0 Å². The monoisotopic (exact) mass is 352 g/mol. The van der Waals surface area contributed by atoms with Crippen molar-refractivity contribution >= 4 is 5.97 Å². The Bertz CT molecular complexity index is 331. The van der Waals surface area contributed by atoms with Crippen molar-refractivity contribution in [3.05, 3.63) is 0 Å². The van der Waals surface area contributed by atoms with E-state index in [2.05, 4.69) is 0 Å². The van der Waals surface area contributed by atoms with E-state index in [0.717, 1.165) is 0 Å². The second-order valence-electron chi connectivity index (χ2n) is 6.28. The molecule has 0 aliphatic heterocycles. The third kappa shape index (κ3) is 5.65. The minimum Gasteiger partial charge on any atom is -0.465 e. The van der Waals surface area contributed by atoms with Gasteiger partial charge in [-0.3, -0.25) is 4.79 Å². The zero-order valence-electron chi connectivity index (χ0n) is 14.4. The summed E-state index contributed by atoms with van der Waals surface area (Å²) in [6.45, 7) is -0.924. The maximum Gasteiger partial charge on any atom is 0.316 e. The molecule has 0 heterocycles. The number of rotatable bonds is 14. The fraction of sp³-hybridized carbons (Fsp3) is 0.938. The van der Waals surface area contributed by atoms with Crippen LogP contribution in [0.15, 0.2) is 0 Å². The van der Waals surface area contributed by atoms with E-state index in [1.165, 1.54) is 0 Å². The van der Waals surface area contributed by atoms with E-state index < -0.39 is 55.8 Å². The van der Waals surface area contributed by atoms with Crippen LogP contribution < -0.4 is 0 Å². The van der Waals surface area contributed by atoms with Gasteiger partial charge in [0.25, 0.3) is 0 Å². The molecule has 0 aromatic rings. The Labute approximate surface area is 142 Å². The van der Waals surface area contributed by atoms with Crippen LogP contribution in [0.2, 0.25) is 0 Å². The Morgan fingerprint density at radius 2 is 1.46 bits per heavy atom. The van der Waals surface area contributed by atoms with Gasteiger partial charge in [-0.25, -0.2) is 0 Å². The first-order valence-electron chi connectivity index (χ1n) is 8.28. The van der Waals surface area contributed by atoms with Gasteiger partial charge in [0.05, 0.1) is 39.6 Å². The normalized spacial score (nSPS) is 13.8. The molecule has 0 aromatic heterocycles. The minimum absolute atomic E-state index is 0.152. The van der Waals surface area contributed by atoms with Crippen LogP contribution in [0.4, 0.5) is 0 Å². The van der Waals surface area contributed by atoms with Crippen molar-refractivity contribution in [1.82, 2.24) is 0 Å². The fourth-order valence-electron chi connectivity index (χ4n) is 2.71. The predicted molar refractivity (Wildman–Crippen MR) is 86.0 cm³/mol. The zero-order chi connectivity index (χ0) is 18.6. The summed E-state index contributed by atoms with van der Waals surface area (Å²) in [5.41, 5.74) is -2.52. The predicted octanol–water partition coefficient (Wildman–Crippen LogP) is -1.35. The molecular weight excluding hydrogens is 320 g/mol. The number of aliphatic hydroxyl groups excluding tert-OH is 6. The van der Waals surface area contributed by atoms with Crippen LogP contribution in [0.25, 0.3) is 0 Å². The lowest BCUT2D eigenvalue weighted by Crippen LogP contribution is -2.43. The molecular formula is C16H32O8. The second-order valence-corrected chi connectivity index (χ2v) is 6.28. The Balaban J connectivity index is 4.69. The summed E-state index contributed by atoms with van der Waals surface area (Å²) < 4.78 is 4.90. The summed E-state index contributed by atoms with van der Waals surface area (Å²) in [4.78, 5) is 11.9. The van der Waals surface area contributed by atoms with Gasteiger partial charge in [-0.2, -0.15) is 0 Å². The topological polar surface area (TPSA) is 148 Å². The molecule has 1 atom stereocenters. The molecule has 0 bridgehead atoms. The molecule has 0 saturated carbocycles. The number of carbonyl (C=O) groups excluding carboxylic acids is 1. The van der Waals surface area contributed by atoms with Crippen LogP contribution in [0.3, 0.4) is 0 Å². The van der Waals surface area contributed by atoms with Crippen molar-refractivity contribution in [3.63, 3.8) is 0 Å². The summed E-state index contributed by atoms with van der Waals surface area (Å²) in [7, 11) is 0. The van der Waals surface area contributed by atoms with Crippen molar-refractivity contribution < 1.29 is 40.2 Å². The Hall–Kier alpha value is -0.770. The maximum absolute atomic E-state index is 11.9. The fourth-order valence-corrected chi connectivity index (χ4v) is 2.71. The van der Waals surface area contributed by atoms with Crippen LogP contribution in [0.1, 0.15) is 32.6 Å². The van der Waals surface area contributed by atoms with E-state index in [9.17, 15) is 35.4 Å². The van der Waals surface area contributed by atoms with Crippen molar-refractivity contribution in [2.75, 3.05) is 46.2 Å². The highest BCUT2D eigenvalue weighted by Crippen LogP contribution is 2.32. The maximum atomic E-state index is 11.9. The van der Waals surface area contributed by atoms with Gasteiger partial charge < -0.3 is 35.4 Å². The third-order valence-corrected chi connectivity index (χ3v) is 4.80. The van der Waals surface area contributed by atoms with E-state index >= 15 is 0 Å². The molecule has 0 aliphatic carbocycles. The van der Waals surface area contributed by atoms with Gasteiger partial charge in [-0.15, -0.1) is 0 Å². The molecule has 0 spiro atoms. The lowest BCUT2D eigenvalue weighted by molar-refractivity contribution is -0.162. The number of carbonyl (C=O) groups is 1. The molecule has 8 nitrogen and oxygen atoms in total. The molecule has 0 saturated heterocycles. The Kier molecular flexibility index (Phi) is 11.4. The first-order chi connectivity index (χ1) is 11.5. The highest BCUT2D eigenvalue weighted by molar-refractivity contribution is 5.77. The highest BCUT2D eigenvalue weighted by Gasteiger charge is 2.39. The molecule has 6 N–H and O–H groups in total. The zero-order valence-corrected chi connectivity index (χ0v) is 14.4. The van der Waals surface area contributed by atoms with E-state index in [1.54, 1.807) is 6.92 Å². The molecule has 0 radical (unpaired) electrons. The quantitative estimate of drug-likeness (QED) is 0.166. The average Bonchev–Trinajstić information content (AvgIpc) is 2.62. The number of esters is 1. The van der Waals surface area contributed by atoms with Crippen molar-refractivity contribution in [1.29, 1.82) is 0 Å². The summed E-state index contributed by atoms with van der Waals surface area (Å²) in [5.74, 6) is -1.15. The first kappa shape index (κ1) is 23.2. The van der Waals surface area contributed by atoms with Crippen LogP contribution in [-0.2, 0) is 9.53 Å². The van der Waals surface area contributed by atoms with Crippen molar-refractivity contribution in [2.45, 2.75) is 32.6 Å². The number of unbranched alkanes of at least 4 members (excludes halogenated alkanes) is 1. The number of aliphatic hydroxyl groups is 6. The SMILES string of the molecule is CCOC(=O)C(CO)(CO)CCCCC(CO)C(CO)(CO)CO. The van der Waals surface area contributed by atoms with Crippen LogP contribution in [-0.4, -0.2) is 82.9 Å². The summed E-state index contributed by atoms with van der Waals surface area (Å²) >= 11 is 0. The summed E-state index contributed by atoms with van der Waals surface area (Å²) in [6.07, 6.45) is 1.61. The van der Waals surface area contributed by atoms with Gasteiger partial charge in [-0.05, 0) is 25.7 Å². The van der Waals surface area contributed by atoms with Gasteiger partial charge in [0.15, 0.2) is 0 Å². The molecule has 0 fully saturated rings. The van der Waals surface area contributed by atoms with E-state index in [4.69, 9.17) is 4.74 Å². The molecule has 0 aliphatic rings. The van der Waals surface area contributed by atoms with Crippen LogP contribution >= 0.6 is 0 Å². The molecule has 144 valence electrons. The smallest absolute Gasteiger partial charge is 0.316 e. The van der Waals surface area contributed by atoms with Crippen molar-refractivity contribution in [2.24, 2.45) is 16.7 Å². The molecule has 1 unspecified atom stereocenters.